The monoisotopic (exact) mass is 272 g/mol. The Morgan fingerprint density at radius 3 is 2.44 bits per heavy atom. The van der Waals surface area contributed by atoms with Crippen LogP contribution in [-0.4, -0.2) is 26.0 Å². The summed E-state index contributed by atoms with van der Waals surface area (Å²) in [6, 6.07) is 6.58. The molecule has 1 saturated carbocycles. The molecule has 3 nitrogen and oxygen atoms in total. The first-order valence-electron chi connectivity index (χ1n) is 5.84. The zero-order valence-corrected chi connectivity index (χ0v) is 11.1. The lowest BCUT2D eigenvalue weighted by atomic mass is 9.96. The van der Waals surface area contributed by atoms with Crippen molar-refractivity contribution in [3.8, 4) is 0 Å². The van der Waals surface area contributed by atoms with Crippen LogP contribution in [0.1, 0.15) is 18.4 Å². The fourth-order valence-corrected chi connectivity index (χ4v) is 2.01. The third-order valence-electron chi connectivity index (χ3n) is 3.27. The highest BCUT2D eigenvalue weighted by atomic mass is 35.5. The molecule has 2 rings (SSSR count). The molecule has 0 atom stereocenters. The molecule has 0 aliphatic heterocycles. The van der Waals surface area contributed by atoms with Gasteiger partial charge in [-0.1, -0.05) is 12.1 Å². The SMILES string of the molecule is CNCC(=O)NCC1(c2ccc(F)cc2)CC1.Cl. The van der Waals surface area contributed by atoms with Gasteiger partial charge in [-0.15, -0.1) is 12.4 Å². The van der Waals surface area contributed by atoms with Crippen molar-refractivity contribution in [2.75, 3.05) is 20.1 Å². The summed E-state index contributed by atoms with van der Waals surface area (Å²) in [7, 11) is 1.74. The fourth-order valence-electron chi connectivity index (χ4n) is 2.01. The molecule has 0 bridgehead atoms. The lowest BCUT2D eigenvalue weighted by molar-refractivity contribution is -0.120. The molecule has 100 valence electrons. The highest BCUT2D eigenvalue weighted by Crippen LogP contribution is 2.47. The van der Waals surface area contributed by atoms with E-state index in [0.29, 0.717) is 13.1 Å². The number of likely N-dealkylation sites (N-methyl/N-ethyl adjacent to an activating group) is 1. The van der Waals surface area contributed by atoms with E-state index in [9.17, 15) is 9.18 Å². The molecule has 18 heavy (non-hydrogen) atoms. The molecule has 0 unspecified atom stereocenters. The summed E-state index contributed by atoms with van der Waals surface area (Å²) < 4.78 is 12.8. The summed E-state index contributed by atoms with van der Waals surface area (Å²) in [6.07, 6.45) is 2.11. The van der Waals surface area contributed by atoms with Crippen LogP contribution in [0.25, 0.3) is 0 Å². The van der Waals surface area contributed by atoms with Gasteiger partial charge in [0.25, 0.3) is 0 Å². The zero-order valence-electron chi connectivity index (χ0n) is 10.3. The summed E-state index contributed by atoms with van der Waals surface area (Å²) in [6.45, 7) is 0.971. The van der Waals surface area contributed by atoms with Gasteiger partial charge in [-0.2, -0.15) is 0 Å². The van der Waals surface area contributed by atoms with Gasteiger partial charge in [0.1, 0.15) is 5.82 Å². The van der Waals surface area contributed by atoms with Gasteiger partial charge in [-0.3, -0.25) is 4.79 Å². The minimum atomic E-state index is -0.219. The molecule has 0 spiro atoms. The van der Waals surface area contributed by atoms with Crippen molar-refractivity contribution in [3.63, 3.8) is 0 Å². The molecule has 1 aromatic rings. The van der Waals surface area contributed by atoms with Gasteiger partial charge in [0.15, 0.2) is 0 Å². The molecule has 5 heteroatoms. The molecule has 1 aliphatic rings. The van der Waals surface area contributed by atoms with Crippen LogP contribution in [0, 0.1) is 5.82 Å². The van der Waals surface area contributed by atoms with Crippen molar-refractivity contribution in [1.29, 1.82) is 0 Å². The van der Waals surface area contributed by atoms with E-state index in [2.05, 4.69) is 10.6 Å². The van der Waals surface area contributed by atoms with Crippen molar-refractivity contribution in [3.05, 3.63) is 35.6 Å². The normalized spacial score (nSPS) is 15.7. The minimum Gasteiger partial charge on any atom is -0.354 e. The largest absolute Gasteiger partial charge is 0.354 e. The Labute approximate surface area is 113 Å². The number of amides is 1. The van der Waals surface area contributed by atoms with Crippen molar-refractivity contribution >= 4 is 18.3 Å². The molecular formula is C13H18ClFN2O. The van der Waals surface area contributed by atoms with E-state index >= 15 is 0 Å². The highest BCUT2D eigenvalue weighted by molar-refractivity contribution is 5.85. The molecule has 0 aromatic heterocycles. The first kappa shape index (κ1) is 14.9. The van der Waals surface area contributed by atoms with Crippen LogP contribution >= 0.6 is 12.4 Å². The van der Waals surface area contributed by atoms with E-state index < -0.39 is 0 Å². The average molecular weight is 273 g/mol. The van der Waals surface area contributed by atoms with Crippen LogP contribution in [0.5, 0.6) is 0 Å². The standard InChI is InChI=1S/C13H17FN2O.ClH/c1-15-8-12(17)16-9-13(6-7-13)10-2-4-11(14)5-3-10;/h2-5,15H,6-9H2,1H3,(H,16,17);1H. The van der Waals surface area contributed by atoms with E-state index in [1.165, 1.54) is 12.1 Å². The number of hydrogen-bond donors (Lipinski definition) is 2. The fraction of sp³-hybridized carbons (Fsp3) is 0.462. The van der Waals surface area contributed by atoms with Crippen molar-refractivity contribution < 1.29 is 9.18 Å². The summed E-state index contributed by atoms with van der Waals surface area (Å²) in [5.74, 6) is -0.218. The number of rotatable bonds is 5. The predicted octanol–water partition coefficient (Wildman–Crippen LogP) is 1.61. The predicted molar refractivity (Wildman–Crippen MR) is 71.5 cm³/mol. The van der Waals surface area contributed by atoms with Crippen molar-refractivity contribution in [2.24, 2.45) is 0 Å². The van der Waals surface area contributed by atoms with E-state index in [-0.39, 0.29) is 29.5 Å². The lowest BCUT2D eigenvalue weighted by Gasteiger charge is -2.16. The number of carbonyl (C=O) groups excluding carboxylic acids is 1. The maximum atomic E-state index is 12.8. The molecule has 1 fully saturated rings. The Bertz CT molecular complexity index is 404. The van der Waals surface area contributed by atoms with Crippen LogP contribution in [0.2, 0.25) is 0 Å². The Hall–Kier alpha value is -1.13. The zero-order chi connectivity index (χ0) is 12.3. The van der Waals surface area contributed by atoms with E-state index in [1.807, 2.05) is 12.1 Å². The molecule has 1 aromatic carbocycles. The molecule has 0 heterocycles. The topological polar surface area (TPSA) is 41.1 Å². The first-order chi connectivity index (χ1) is 8.16. The molecule has 0 radical (unpaired) electrons. The van der Waals surface area contributed by atoms with Gasteiger partial charge in [0.2, 0.25) is 5.91 Å². The molecule has 0 saturated heterocycles. The number of carbonyl (C=O) groups is 1. The Balaban J connectivity index is 0.00000162. The maximum absolute atomic E-state index is 12.8. The van der Waals surface area contributed by atoms with Gasteiger partial charge < -0.3 is 10.6 Å². The van der Waals surface area contributed by atoms with Crippen molar-refractivity contribution in [1.82, 2.24) is 10.6 Å². The summed E-state index contributed by atoms with van der Waals surface area (Å²) in [5, 5.41) is 5.71. The summed E-state index contributed by atoms with van der Waals surface area (Å²) in [4.78, 5) is 11.4. The molecule has 2 N–H and O–H groups in total. The van der Waals surface area contributed by atoms with Crippen LogP contribution in [-0.2, 0) is 10.2 Å². The van der Waals surface area contributed by atoms with E-state index in [1.54, 1.807) is 7.05 Å². The third kappa shape index (κ3) is 3.43. The van der Waals surface area contributed by atoms with Gasteiger partial charge in [-0.05, 0) is 37.6 Å². The number of halogens is 2. The lowest BCUT2D eigenvalue weighted by Crippen LogP contribution is -2.37. The number of benzene rings is 1. The maximum Gasteiger partial charge on any atom is 0.233 e. The first-order valence-corrected chi connectivity index (χ1v) is 5.84. The Kier molecular flexibility index (Phi) is 5.11. The molecular weight excluding hydrogens is 255 g/mol. The van der Waals surface area contributed by atoms with Crippen LogP contribution in [0.4, 0.5) is 4.39 Å². The summed E-state index contributed by atoms with van der Waals surface area (Å²) >= 11 is 0. The van der Waals surface area contributed by atoms with Crippen LogP contribution in [0.3, 0.4) is 0 Å². The second-order valence-corrected chi connectivity index (χ2v) is 4.59. The summed E-state index contributed by atoms with van der Waals surface area (Å²) in [5.41, 5.74) is 1.15. The Morgan fingerprint density at radius 2 is 1.94 bits per heavy atom. The second kappa shape index (κ2) is 6.16. The smallest absolute Gasteiger partial charge is 0.233 e. The second-order valence-electron chi connectivity index (χ2n) is 4.59. The molecule has 1 amide bonds. The van der Waals surface area contributed by atoms with Gasteiger partial charge in [0, 0.05) is 12.0 Å². The van der Waals surface area contributed by atoms with E-state index in [0.717, 1.165) is 18.4 Å². The van der Waals surface area contributed by atoms with E-state index in [4.69, 9.17) is 0 Å². The minimum absolute atomic E-state index is 0. The third-order valence-corrected chi connectivity index (χ3v) is 3.27. The number of hydrogen-bond acceptors (Lipinski definition) is 2. The van der Waals surface area contributed by atoms with Crippen molar-refractivity contribution in [2.45, 2.75) is 18.3 Å². The van der Waals surface area contributed by atoms with Gasteiger partial charge in [0.05, 0.1) is 6.54 Å². The highest BCUT2D eigenvalue weighted by Gasteiger charge is 2.44. The number of nitrogens with one attached hydrogen (secondary N) is 2. The molecule has 1 aliphatic carbocycles. The quantitative estimate of drug-likeness (QED) is 0.855. The van der Waals surface area contributed by atoms with Crippen LogP contribution in [0.15, 0.2) is 24.3 Å². The average Bonchev–Trinajstić information content (AvgIpc) is 3.09. The van der Waals surface area contributed by atoms with Gasteiger partial charge in [-0.25, -0.2) is 4.39 Å². The van der Waals surface area contributed by atoms with Gasteiger partial charge >= 0.3 is 0 Å². The Morgan fingerprint density at radius 1 is 1.33 bits per heavy atom. The van der Waals surface area contributed by atoms with Crippen LogP contribution < -0.4 is 10.6 Å².